The standard InChI is InChI=1S/C12H20O2Si/c1-15(2,3)14-11-6-4-5-9-7-8-10(13)12(9)11/h4,6,9,11-12H,5,7-8H2,1-3H3/t9-,11-,12-/m1/s1. The molecular formula is C12H20O2Si. The molecule has 0 N–H and O–H groups in total. The van der Waals surface area contributed by atoms with E-state index >= 15 is 0 Å². The van der Waals surface area contributed by atoms with Crippen LogP contribution in [-0.2, 0) is 9.22 Å². The number of allylic oxidation sites excluding steroid dienone is 1. The van der Waals surface area contributed by atoms with Crippen LogP contribution in [0.3, 0.4) is 0 Å². The van der Waals surface area contributed by atoms with Crippen LogP contribution in [0.15, 0.2) is 12.2 Å². The monoisotopic (exact) mass is 224 g/mol. The minimum absolute atomic E-state index is 0.0745. The number of rotatable bonds is 2. The quantitative estimate of drug-likeness (QED) is 0.532. The molecule has 0 radical (unpaired) electrons. The molecule has 0 spiro atoms. The normalized spacial score (nSPS) is 35.7. The molecule has 2 aliphatic carbocycles. The Labute approximate surface area is 92.8 Å². The molecule has 1 fully saturated rings. The molecule has 0 aliphatic heterocycles. The van der Waals surface area contributed by atoms with Gasteiger partial charge in [0.25, 0.3) is 0 Å². The van der Waals surface area contributed by atoms with E-state index in [0.29, 0.717) is 11.7 Å². The highest BCUT2D eigenvalue weighted by atomic mass is 28.4. The number of hydrogen-bond donors (Lipinski definition) is 0. The molecular weight excluding hydrogens is 204 g/mol. The van der Waals surface area contributed by atoms with Crippen molar-refractivity contribution in [2.75, 3.05) is 0 Å². The van der Waals surface area contributed by atoms with Crippen LogP contribution in [-0.4, -0.2) is 20.2 Å². The van der Waals surface area contributed by atoms with Crippen LogP contribution in [0.4, 0.5) is 0 Å². The van der Waals surface area contributed by atoms with Gasteiger partial charge in [-0.1, -0.05) is 12.2 Å². The van der Waals surface area contributed by atoms with Crippen molar-refractivity contribution < 1.29 is 9.22 Å². The molecule has 0 saturated heterocycles. The predicted molar refractivity (Wildman–Crippen MR) is 63.2 cm³/mol. The average Bonchev–Trinajstić information content (AvgIpc) is 2.46. The van der Waals surface area contributed by atoms with E-state index in [1.807, 2.05) is 0 Å². The number of hydrogen-bond acceptors (Lipinski definition) is 2. The van der Waals surface area contributed by atoms with Gasteiger partial charge in [0.05, 0.1) is 6.10 Å². The Morgan fingerprint density at radius 2 is 2.13 bits per heavy atom. The summed E-state index contributed by atoms with van der Waals surface area (Å²) in [4.78, 5) is 11.8. The third-order valence-electron chi connectivity index (χ3n) is 3.25. The van der Waals surface area contributed by atoms with Crippen molar-refractivity contribution in [3.63, 3.8) is 0 Å². The molecule has 3 atom stereocenters. The lowest BCUT2D eigenvalue weighted by Crippen LogP contribution is -2.40. The van der Waals surface area contributed by atoms with Gasteiger partial charge in [-0.2, -0.15) is 0 Å². The summed E-state index contributed by atoms with van der Waals surface area (Å²) in [5.41, 5.74) is 0. The summed E-state index contributed by atoms with van der Waals surface area (Å²) in [6.07, 6.45) is 7.29. The molecule has 0 amide bonds. The molecule has 0 aromatic rings. The highest BCUT2D eigenvalue weighted by Crippen LogP contribution is 2.39. The maximum absolute atomic E-state index is 11.8. The summed E-state index contributed by atoms with van der Waals surface area (Å²) in [6.45, 7) is 6.55. The lowest BCUT2D eigenvalue weighted by molar-refractivity contribution is -0.123. The van der Waals surface area contributed by atoms with Crippen molar-refractivity contribution in [1.82, 2.24) is 0 Å². The van der Waals surface area contributed by atoms with Gasteiger partial charge in [0, 0.05) is 12.3 Å². The number of carbonyl (C=O) groups excluding carboxylic acids is 1. The molecule has 0 bridgehead atoms. The Kier molecular flexibility index (Phi) is 2.86. The fourth-order valence-corrected chi connectivity index (χ4v) is 3.72. The maximum Gasteiger partial charge on any atom is 0.184 e. The van der Waals surface area contributed by atoms with Crippen molar-refractivity contribution in [3.8, 4) is 0 Å². The Hall–Kier alpha value is -0.413. The Bertz CT molecular complexity index is 290. The zero-order valence-corrected chi connectivity index (χ0v) is 10.8. The zero-order chi connectivity index (χ0) is 11.1. The molecule has 0 heterocycles. The number of ketones is 1. The van der Waals surface area contributed by atoms with Gasteiger partial charge in [-0.15, -0.1) is 0 Å². The molecule has 0 aromatic carbocycles. The Balaban J connectivity index is 2.13. The first-order chi connectivity index (χ1) is 6.97. The highest BCUT2D eigenvalue weighted by Gasteiger charge is 2.42. The van der Waals surface area contributed by atoms with Crippen molar-refractivity contribution >= 4 is 14.1 Å². The second-order valence-electron chi connectivity index (χ2n) is 5.65. The molecule has 84 valence electrons. The topological polar surface area (TPSA) is 26.3 Å². The van der Waals surface area contributed by atoms with Gasteiger partial charge in [-0.05, 0) is 38.4 Å². The van der Waals surface area contributed by atoms with Gasteiger partial charge in [-0.25, -0.2) is 0 Å². The first-order valence-corrected chi connectivity index (χ1v) is 9.25. The fourth-order valence-electron chi connectivity index (χ4n) is 2.68. The van der Waals surface area contributed by atoms with E-state index in [-0.39, 0.29) is 12.0 Å². The molecule has 0 unspecified atom stereocenters. The fraction of sp³-hybridized carbons (Fsp3) is 0.750. The predicted octanol–water partition coefficient (Wildman–Crippen LogP) is 2.76. The molecule has 3 heteroatoms. The smallest absolute Gasteiger partial charge is 0.184 e. The van der Waals surface area contributed by atoms with Crippen LogP contribution < -0.4 is 0 Å². The van der Waals surface area contributed by atoms with Gasteiger partial charge >= 0.3 is 0 Å². The third kappa shape index (κ3) is 2.40. The molecule has 15 heavy (non-hydrogen) atoms. The van der Waals surface area contributed by atoms with Crippen LogP contribution in [0.5, 0.6) is 0 Å². The number of fused-ring (bicyclic) bond motifs is 1. The minimum Gasteiger partial charge on any atom is -0.411 e. The number of carbonyl (C=O) groups is 1. The largest absolute Gasteiger partial charge is 0.411 e. The second kappa shape index (κ2) is 3.87. The zero-order valence-electron chi connectivity index (χ0n) is 9.82. The number of Topliss-reactive ketones (excluding diaryl/α,β-unsaturated/α-hetero) is 1. The third-order valence-corrected chi connectivity index (χ3v) is 4.23. The first kappa shape index (κ1) is 11.1. The van der Waals surface area contributed by atoms with Gasteiger partial charge in [0.15, 0.2) is 8.32 Å². The van der Waals surface area contributed by atoms with Crippen LogP contribution in [0.25, 0.3) is 0 Å². The Morgan fingerprint density at radius 3 is 2.80 bits per heavy atom. The van der Waals surface area contributed by atoms with E-state index in [1.165, 1.54) is 0 Å². The summed E-state index contributed by atoms with van der Waals surface area (Å²) in [6, 6.07) is 0. The van der Waals surface area contributed by atoms with Gasteiger partial charge in [0.1, 0.15) is 5.78 Å². The van der Waals surface area contributed by atoms with Gasteiger partial charge in [0.2, 0.25) is 0 Å². The van der Waals surface area contributed by atoms with Crippen LogP contribution >= 0.6 is 0 Å². The van der Waals surface area contributed by atoms with Crippen molar-refractivity contribution in [2.45, 2.75) is 45.0 Å². The summed E-state index contributed by atoms with van der Waals surface area (Å²) >= 11 is 0. The first-order valence-electron chi connectivity index (χ1n) is 5.84. The van der Waals surface area contributed by atoms with E-state index in [9.17, 15) is 4.79 Å². The van der Waals surface area contributed by atoms with E-state index in [0.717, 1.165) is 19.3 Å². The van der Waals surface area contributed by atoms with Crippen molar-refractivity contribution in [3.05, 3.63) is 12.2 Å². The average molecular weight is 224 g/mol. The summed E-state index contributed by atoms with van der Waals surface area (Å²) in [5.74, 6) is 1.15. The van der Waals surface area contributed by atoms with Crippen LogP contribution in [0, 0.1) is 11.8 Å². The van der Waals surface area contributed by atoms with Crippen molar-refractivity contribution in [2.24, 2.45) is 11.8 Å². The minimum atomic E-state index is -1.54. The highest BCUT2D eigenvalue weighted by molar-refractivity contribution is 6.69. The molecule has 2 nitrogen and oxygen atoms in total. The lowest BCUT2D eigenvalue weighted by Gasteiger charge is -2.33. The molecule has 2 aliphatic rings. The van der Waals surface area contributed by atoms with Crippen LogP contribution in [0.2, 0.25) is 19.6 Å². The lowest BCUT2D eigenvalue weighted by atomic mass is 9.83. The van der Waals surface area contributed by atoms with E-state index in [4.69, 9.17) is 4.43 Å². The van der Waals surface area contributed by atoms with E-state index in [2.05, 4.69) is 31.8 Å². The second-order valence-corrected chi connectivity index (χ2v) is 10.1. The van der Waals surface area contributed by atoms with Gasteiger partial charge < -0.3 is 4.43 Å². The summed E-state index contributed by atoms with van der Waals surface area (Å²) in [7, 11) is -1.54. The van der Waals surface area contributed by atoms with Crippen LogP contribution in [0.1, 0.15) is 19.3 Å². The SMILES string of the molecule is C[Si](C)(C)O[C@@H]1C=CC[C@@H]2CCC(=O)[C@@H]21. The maximum atomic E-state index is 11.8. The van der Waals surface area contributed by atoms with Crippen molar-refractivity contribution in [1.29, 1.82) is 0 Å². The summed E-state index contributed by atoms with van der Waals surface area (Å²) in [5, 5.41) is 0. The molecule has 2 rings (SSSR count). The molecule has 1 saturated carbocycles. The molecule has 0 aromatic heterocycles. The Morgan fingerprint density at radius 1 is 1.40 bits per heavy atom. The van der Waals surface area contributed by atoms with Gasteiger partial charge in [-0.3, -0.25) is 4.79 Å². The van der Waals surface area contributed by atoms with E-state index in [1.54, 1.807) is 0 Å². The summed E-state index contributed by atoms with van der Waals surface area (Å²) < 4.78 is 6.09. The van der Waals surface area contributed by atoms with E-state index < -0.39 is 8.32 Å².